The highest BCUT2D eigenvalue weighted by Gasteiger charge is 2.20. The molecule has 1 unspecified atom stereocenters. The molecule has 3 aromatic rings. The summed E-state index contributed by atoms with van der Waals surface area (Å²) in [5.41, 5.74) is 0. The van der Waals surface area contributed by atoms with Crippen molar-refractivity contribution in [2.75, 3.05) is 5.32 Å². The second-order valence-corrected chi connectivity index (χ2v) is 8.18. The van der Waals surface area contributed by atoms with E-state index in [0.717, 1.165) is 10.7 Å². The lowest BCUT2D eigenvalue weighted by atomic mass is 10.4. The maximum atomic E-state index is 12.4. The van der Waals surface area contributed by atoms with Crippen LogP contribution in [0.1, 0.15) is 6.92 Å². The highest BCUT2D eigenvalue weighted by Crippen LogP contribution is 2.29. The number of thiophene rings is 1. The van der Waals surface area contributed by atoms with E-state index in [4.69, 9.17) is 23.2 Å². The van der Waals surface area contributed by atoms with Gasteiger partial charge in [-0.2, -0.15) is 0 Å². The summed E-state index contributed by atoms with van der Waals surface area (Å²) in [6, 6.07) is 5.47. The van der Waals surface area contributed by atoms with Crippen LogP contribution in [0, 0.1) is 0 Å². The maximum absolute atomic E-state index is 12.4. The van der Waals surface area contributed by atoms with Gasteiger partial charge in [0.2, 0.25) is 5.91 Å². The van der Waals surface area contributed by atoms with Crippen molar-refractivity contribution in [2.24, 2.45) is 7.05 Å². The Labute approximate surface area is 162 Å². The molecule has 10 heteroatoms. The highest BCUT2D eigenvalue weighted by atomic mass is 35.5. The van der Waals surface area contributed by atoms with E-state index in [0.29, 0.717) is 10.2 Å². The van der Waals surface area contributed by atoms with Gasteiger partial charge in [0.25, 0.3) is 0 Å². The molecule has 0 aliphatic carbocycles. The third-order valence-electron chi connectivity index (χ3n) is 3.28. The highest BCUT2D eigenvalue weighted by molar-refractivity contribution is 8.00. The average molecular weight is 414 g/mol. The minimum Gasteiger partial charge on any atom is -0.308 e. The van der Waals surface area contributed by atoms with Crippen LogP contribution in [-0.4, -0.2) is 30.9 Å². The van der Waals surface area contributed by atoms with Crippen LogP contribution in [0.25, 0.3) is 10.7 Å². The number of carbonyl (C=O) groups excluding carboxylic acids is 1. The zero-order chi connectivity index (χ0) is 18.0. The minimum atomic E-state index is -0.410. The predicted octanol–water partition coefficient (Wildman–Crippen LogP) is 4.36. The summed E-state index contributed by atoms with van der Waals surface area (Å²) in [7, 11) is 1.87. The first-order valence-electron chi connectivity index (χ1n) is 7.17. The standard InChI is InChI=1S/C15H13Cl2N5OS2/c1-8(14(23)19-12-10(17)6-9(16)7-18-12)25-15-21-20-13(22(15)2)11-4-3-5-24-11/h3-8H,1-2H3,(H,18,19,23). The first-order chi connectivity index (χ1) is 12.0. The molecule has 1 amide bonds. The van der Waals surface area contributed by atoms with Crippen LogP contribution < -0.4 is 5.32 Å². The van der Waals surface area contributed by atoms with E-state index in [1.54, 1.807) is 18.3 Å². The van der Waals surface area contributed by atoms with Crippen LogP contribution in [0.5, 0.6) is 0 Å². The summed E-state index contributed by atoms with van der Waals surface area (Å²) in [6.07, 6.45) is 1.43. The normalized spacial score (nSPS) is 12.2. The van der Waals surface area contributed by atoms with Crippen LogP contribution >= 0.6 is 46.3 Å². The Hall–Kier alpha value is -1.61. The molecule has 3 heterocycles. The lowest BCUT2D eigenvalue weighted by Crippen LogP contribution is -2.23. The molecule has 0 fully saturated rings. The van der Waals surface area contributed by atoms with E-state index in [-0.39, 0.29) is 16.7 Å². The number of nitrogens with one attached hydrogen (secondary N) is 1. The maximum Gasteiger partial charge on any atom is 0.238 e. The zero-order valence-corrected chi connectivity index (χ0v) is 16.4. The number of anilines is 1. The average Bonchev–Trinajstić information content (AvgIpc) is 3.20. The van der Waals surface area contributed by atoms with Gasteiger partial charge in [0.1, 0.15) is 0 Å². The summed E-state index contributed by atoms with van der Waals surface area (Å²) < 4.78 is 1.87. The fourth-order valence-electron chi connectivity index (χ4n) is 1.97. The number of hydrogen-bond acceptors (Lipinski definition) is 6. The van der Waals surface area contributed by atoms with Crippen molar-refractivity contribution >= 4 is 58.0 Å². The molecule has 1 atom stereocenters. The Kier molecular flexibility index (Phi) is 5.63. The third-order valence-corrected chi connectivity index (χ3v) is 5.77. The molecule has 0 spiro atoms. The van der Waals surface area contributed by atoms with Crippen molar-refractivity contribution in [3.8, 4) is 10.7 Å². The molecule has 0 saturated heterocycles. The van der Waals surface area contributed by atoms with E-state index in [9.17, 15) is 4.79 Å². The van der Waals surface area contributed by atoms with Gasteiger partial charge in [-0.15, -0.1) is 21.5 Å². The molecule has 0 aliphatic rings. The zero-order valence-electron chi connectivity index (χ0n) is 13.2. The molecule has 0 saturated carbocycles. The molecular weight excluding hydrogens is 401 g/mol. The quantitative estimate of drug-likeness (QED) is 0.628. The molecule has 6 nitrogen and oxygen atoms in total. The number of rotatable bonds is 5. The lowest BCUT2D eigenvalue weighted by Gasteiger charge is -2.12. The summed E-state index contributed by atoms with van der Waals surface area (Å²) >= 11 is 14.7. The van der Waals surface area contributed by atoms with Gasteiger partial charge >= 0.3 is 0 Å². The lowest BCUT2D eigenvalue weighted by molar-refractivity contribution is -0.115. The van der Waals surface area contributed by atoms with Crippen LogP contribution in [-0.2, 0) is 11.8 Å². The molecule has 3 rings (SSSR count). The van der Waals surface area contributed by atoms with Gasteiger partial charge in [-0.1, -0.05) is 41.0 Å². The Morgan fingerprint density at radius 2 is 2.20 bits per heavy atom. The largest absolute Gasteiger partial charge is 0.308 e. The Bertz CT molecular complexity index is 897. The van der Waals surface area contributed by atoms with Gasteiger partial charge in [-0.3, -0.25) is 4.79 Å². The van der Waals surface area contributed by atoms with Crippen molar-refractivity contribution in [3.05, 3.63) is 39.8 Å². The molecule has 3 aromatic heterocycles. The molecule has 0 bridgehead atoms. The number of aromatic nitrogens is 4. The predicted molar refractivity (Wildman–Crippen MR) is 103 cm³/mol. The number of hydrogen-bond donors (Lipinski definition) is 1. The van der Waals surface area contributed by atoms with Crippen molar-refractivity contribution < 1.29 is 4.79 Å². The topological polar surface area (TPSA) is 72.7 Å². The van der Waals surface area contributed by atoms with E-state index in [1.807, 2.05) is 29.1 Å². The van der Waals surface area contributed by atoms with Gasteiger partial charge < -0.3 is 9.88 Å². The smallest absolute Gasteiger partial charge is 0.238 e. The van der Waals surface area contributed by atoms with Crippen molar-refractivity contribution in [1.82, 2.24) is 19.7 Å². The van der Waals surface area contributed by atoms with Gasteiger partial charge in [0, 0.05) is 13.2 Å². The molecule has 1 N–H and O–H groups in total. The first-order valence-corrected chi connectivity index (χ1v) is 9.69. The van der Waals surface area contributed by atoms with Crippen LogP contribution in [0.4, 0.5) is 5.82 Å². The summed E-state index contributed by atoms with van der Waals surface area (Å²) in [6.45, 7) is 1.78. The first kappa shape index (κ1) is 18.2. The SMILES string of the molecule is CC(Sc1nnc(-c2cccs2)n1C)C(=O)Nc1ncc(Cl)cc1Cl. The number of carbonyl (C=O) groups is 1. The minimum absolute atomic E-state index is 0.234. The number of thioether (sulfide) groups is 1. The van der Waals surface area contributed by atoms with Crippen LogP contribution in [0.2, 0.25) is 10.0 Å². The van der Waals surface area contributed by atoms with Crippen molar-refractivity contribution in [3.63, 3.8) is 0 Å². The molecule has 25 heavy (non-hydrogen) atoms. The fraction of sp³-hybridized carbons (Fsp3) is 0.200. The number of pyridine rings is 1. The molecule has 0 aromatic carbocycles. The number of nitrogens with zero attached hydrogens (tertiary/aromatic N) is 4. The Morgan fingerprint density at radius 1 is 1.40 bits per heavy atom. The molecule has 130 valence electrons. The van der Waals surface area contributed by atoms with Crippen LogP contribution in [0.15, 0.2) is 34.9 Å². The van der Waals surface area contributed by atoms with E-state index >= 15 is 0 Å². The second-order valence-electron chi connectivity index (χ2n) is 5.08. The summed E-state index contributed by atoms with van der Waals surface area (Å²) in [5, 5.41) is 14.0. The molecular formula is C15H13Cl2N5OS2. The Balaban J connectivity index is 1.69. The number of amides is 1. The van der Waals surface area contributed by atoms with Gasteiger partial charge in [0.15, 0.2) is 16.8 Å². The van der Waals surface area contributed by atoms with E-state index in [1.165, 1.54) is 24.0 Å². The van der Waals surface area contributed by atoms with E-state index in [2.05, 4.69) is 20.5 Å². The van der Waals surface area contributed by atoms with Crippen molar-refractivity contribution in [2.45, 2.75) is 17.3 Å². The van der Waals surface area contributed by atoms with Gasteiger partial charge in [0.05, 0.1) is 20.2 Å². The molecule has 0 aliphatic heterocycles. The fourth-order valence-corrected chi connectivity index (χ4v) is 3.96. The van der Waals surface area contributed by atoms with Gasteiger partial charge in [-0.25, -0.2) is 4.98 Å². The summed E-state index contributed by atoms with van der Waals surface area (Å²) in [5.74, 6) is 0.815. The van der Waals surface area contributed by atoms with Gasteiger partial charge in [-0.05, 0) is 24.4 Å². The monoisotopic (exact) mass is 413 g/mol. The van der Waals surface area contributed by atoms with Crippen molar-refractivity contribution in [1.29, 1.82) is 0 Å². The van der Waals surface area contributed by atoms with E-state index < -0.39 is 5.25 Å². The third kappa shape index (κ3) is 4.14. The van der Waals surface area contributed by atoms with Crippen LogP contribution in [0.3, 0.4) is 0 Å². The molecule has 0 radical (unpaired) electrons. The number of halogens is 2. The Morgan fingerprint density at radius 3 is 2.88 bits per heavy atom. The second kappa shape index (κ2) is 7.74. The summed E-state index contributed by atoms with van der Waals surface area (Å²) in [4.78, 5) is 17.4.